The van der Waals surface area contributed by atoms with Crippen LogP contribution in [0.4, 0.5) is 0 Å². The summed E-state index contributed by atoms with van der Waals surface area (Å²) in [7, 11) is 1.59. The van der Waals surface area contributed by atoms with Crippen LogP contribution in [0.25, 0.3) is 0 Å². The number of Topliss-reactive ketones (excluding diaryl/α,β-unsaturated/α-hetero) is 3. The Morgan fingerprint density at radius 1 is 0.873 bits per heavy atom. The van der Waals surface area contributed by atoms with E-state index in [2.05, 4.69) is 0 Å². The number of aliphatic hydroxyl groups excluding tert-OH is 2. The van der Waals surface area contributed by atoms with E-state index in [1.165, 1.54) is 4.90 Å². The molecular formula is C51H79NO11. The molecule has 15 atom stereocenters. The Morgan fingerprint density at radius 3 is 2.27 bits per heavy atom. The lowest BCUT2D eigenvalue weighted by atomic mass is 9.75. The number of nitrogens with zero attached hydrogens (tertiary/aromatic N) is 1. The first-order valence-electron chi connectivity index (χ1n) is 23.8. The third-order valence-corrected chi connectivity index (χ3v) is 14.6. The van der Waals surface area contributed by atoms with Gasteiger partial charge in [-0.2, -0.15) is 0 Å². The first-order valence-corrected chi connectivity index (χ1v) is 23.8. The number of ether oxygens (including phenoxy) is 3. The molecular weight excluding hydrogens is 803 g/mol. The van der Waals surface area contributed by atoms with Crippen molar-refractivity contribution in [1.29, 1.82) is 0 Å². The highest BCUT2D eigenvalue weighted by atomic mass is 16.6. The van der Waals surface area contributed by atoms with Crippen LogP contribution in [-0.4, -0.2) is 105 Å². The molecule has 0 aromatic rings. The SMILES string of the molecule is CO[C@H]1CC2CC[C@@H](C)[C@@](O)(O2)C(=O)C(=O)N2CCCC[C@H]2C(=O)O[C@H]([C@H](C)C[C@@H]2CC[C@@H](O)[C@H](C)C2)CC(=O)[C@H](C)/C=C(\C)[C@@H](O)[C@@H](C)C(=O)[C@H](C)C[C@H](C)/C=C/C=C/C=C/1C. The summed E-state index contributed by atoms with van der Waals surface area (Å²) in [6, 6.07) is -1.10. The van der Waals surface area contributed by atoms with Crippen molar-refractivity contribution in [3.05, 3.63) is 47.6 Å². The summed E-state index contributed by atoms with van der Waals surface area (Å²) < 4.78 is 18.3. The molecule has 0 radical (unpaired) electrons. The van der Waals surface area contributed by atoms with Gasteiger partial charge in [0.2, 0.25) is 5.79 Å². The molecule has 354 valence electrons. The van der Waals surface area contributed by atoms with Crippen LogP contribution in [0.3, 0.4) is 0 Å². The minimum absolute atomic E-state index is 0.0599. The van der Waals surface area contributed by atoms with Crippen molar-refractivity contribution < 1.29 is 53.5 Å². The number of piperidine rings is 1. The molecule has 12 heteroatoms. The predicted octanol–water partition coefficient (Wildman–Crippen LogP) is 7.42. The standard InChI is InChI=1S/C51H79NO11/c1-30-16-12-11-13-17-31(2)44(61-10)28-40-21-19-37(8)51(60,63-40)48(57)49(58)52-23-15-14-18-41(52)50(59)62-45(34(5)27-39-20-22-42(53)33(4)26-39)29-43(54)32(3)25-36(7)47(56)38(9)46(55)35(6)24-30/h11-13,16-17,25,30,32-35,37-42,44-45,47,53,56,60H,14-15,18-24,26-29H2,1-10H3/b13-11+,16-12+,31-17+,36-25+/t30-,32-,33-,34-,35-,37-,38+,39-,40?,41+,42-,44+,45+,47-,51-/m1/s1. The second-order valence-electron chi connectivity index (χ2n) is 19.9. The van der Waals surface area contributed by atoms with E-state index in [1.54, 1.807) is 40.9 Å². The molecule has 1 unspecified atom stereocenters. The number of amides is 1. The van der Waals surface area contributed by atoms with Gasteiger partial charge in [-0.15, -0.1) is 0 Å². The molecule has 0 aromatic heterocycles. The van der Waals surface area contributed by atoms with E-state index >= 15 is 0 Å². The van der Waals surface area contributed by atoms with E-state index in [0.717, 1.165) is 18.4 Å². The number of hydrogen-bond acceptors (Lipinski definition) is 11. The van der Waals surface area contributed by atoms with Crippen molar-refractivity contribution in [2.75, 3.05) is 13.7 Å². The molecule has 3 aliphatic heterocycles. The monoisotopic (exact) mass is 882 g/mol. The molecule has 1 aliphatic carbocycles. The normalized spacial score (nSPS) is 41.3. The molecule has 0 spiro atoms. The van der Waals surface area contributed by atoms with Gasteiger partial charge in [0, 0.05) is 50.2 Å². The number of methoxy groups -OCH3 is 1. The average molecular weight is 882 g/mol. The van der Waals surface area contributed by atoms with Crippen molar-refractivity contribution >= 4 is 29.2 Å². The molecule has 0 aromatic carbocycles. The van der Waals surface area contributed by atoms with Crippen LogP contribution in [-0.2, 0) is 38.2 Å². The number of allylic oxidation sites excluding steroid dienone is 6. The molecule has 3 heterocycles. The zero-order valence-electron chi connectivity index (χ0n) is 39.8. The molecule has 1 saturated carbocycles. The van der Waals surface area contributed by atoms with Gasteiger partial charge in [0.05, 0.1) is 24.4 Å². The number of carbonyl (C=O) groups excluding carboxylic acids is 5. The van der Waals surface area contributed by atoms with Crippen molar-refractivity contribution in [3.8, 4) is 0 Å². The maximum absolute atomic E-state index is 14.3. The lowest BCUT2D eigenvalue weighted by Crippen LogP contribution is -2.61. The Bertz CT molecular complexity index is 1720. The van der Waals surface area contributed by atoms with Crippen LogP contribution < -0.4 is 0 Å². The Labute approximate surface area is 376 Å². The highest BCUT2D eigenvalue weighted by molar-refractivity contribution is 6.39. The number of fused-ring (bicyclic) bond motifs is 3. The molecule has 1 amide bonds. The summed E-state index contributed by atoms with van der Waals surface area (Å²) in [5.74, 6) is -7.70. The summed E-state index contributed by atoms with van der Waals surface area (Å²) in [5, 5.41) is 33.7. The van der Waals surface area contributed by atoms with E-state index in [-0.39, 0.29) is 66.6 Å². The fourth-order valence-electron chi connectivity index (χ4n) is 10.2. The second-order valence-corrected chi connectivity index (χ2v) is 19.9. The number of rotatable bonds is 4. The maximum Gasteiger partial charge on any atom is 0.329 e. The molecule has 2 bridgehead atoms. The van der Waals surface area contributed by atoms with Gasteiger partial charge in [-0.1, -0.05) is 84.9 Å². The minimum Gasteiger partial charge on any atom is -0.460 e. The van der Waals surface area contributed by atoms with Crippen LogP contribution in [0.1, 0.15) is 139 Å². The molecule has 4 aliphatic rings. The van der Waals surface area contributed by atoms with E-state index < -0.39 is 71.7 Å². The van der Waals surface area contributed by atoms with E-state index in [4.69, 9.17) is 14.2 Å². The van der Waals surface area contributed by atoms with Gasteiger partial charge in [0.1, 0.15) is 23.7 Å². The zero-order valence-corrected chi connectivity index (χ0v) is 39.8. The summed E-state index contributed by atoms with van der Waals surface area (Å²) in [4.78, 5) is 71.5. The van der Waals surface area contributed by atoms with Crippen LogP contribution in [0.5, 0.6) is 0 Å². The van der Waals surface area contributed by atoms with Gasteiger partial charge in [-0.25, -0.2) is 4.79 Å². The van der Waals surface area contributed by atoms with E-state index in [9.17, 15) is 39.3 Å². The summed E-state index contributed by atoms with van der Waals surface area (Å²) in [6.07, 6.45) is 14.2. The Hall–Kier alpha value is -3.29. The van der Waals surface area contributed by atoms with Crippen LogP contribution in [0.2, 0.25) is 0 Å². The quantitative estimate of drug-likeness (QED) is 0.146. The van der Waals surface area contributed by atoms with Crippen LogP contribution in [0, 0.1) is 47.3 Å². The van der Waals surface area contributed by atoms with Gasteiger partial charge in [-0.3, -0.25) is 19.2 Å². The summed E-state index contributed by atoms with van der Waals surface area (Å²) in [6.45, 7) is 16.8. The first-order chi connectivity index (χ1) is 29.7. The van der Waals surface area contributed by atoms with Crippen LogP contribution >= 0.6 is 0 Å². The van der Waals surface area contributed by atoms with Crippen molar-refractivity contribution in [2.45, 2.75) is 182 Å². The van der Waals surface area contributed by atoms with Gasteiger partial charge >= 0.3 is 5.97 Å². The lowest BCUT2D eigenvalue weighted by Gasteiger charge is -2.42. The highest BCUT2D eigenvalue weighted by Crippen LogP contribution is 2.38. The number of cyclic esters (lactones) is 1. The van der Waals surface area contributed by atoms with Crippen molar-refractivity contribution in [3.63, 3.8) is 0 Å². The molecule has 12 nitrogen and oxygen atoms in total. The number of aliphatic hydroxyl groups is 3. The summed E-state index contributed by atoms with van der Waals surface area (Å²) >= 11 is 0. The first kappa shape index (κ1) is 52.3. The third-order valence-electron chi connectivity index (χ3n) is 14.6. The topological polar surface area (TPSA) is 177 Å². The van der Waals surface area contributed by atoms with Crippen molar-refractivity contribution in [2.24, 2.45) is 47.3 Å². The Kier molecular flexibility index (Phi) is 19.7. The molecule has 4 rings (SSSR count). The van der Waals surface area contributed by atoms with E-state index in [0.29, 0.717) is 56.9 Å². The predicted molar refractivity (Wildman–Crippen MR) is 242 cm³/mol. The number of hydrogen-bond donors (Lipinski definition) is 3. The number of esters is 1. The lowest BCUT2D eigenvalue weighted by molar-refractivity contribution is -0.265. The van der Waals surface area contributed by atoms with Gasteiger partial charge in [-0.05, 0) is 113 Å². The fourth-order valence-corrected chi connectivity index (χ4v) is 10.2. The molecule has 2 saturated heterocycles. The Morgan fingerprint density at radius 2 is 1.59 bits per heavy atom. The molecule has 3 fully saturated rings. The zero-order chi connectivity index (χ0) is 46.8. The minimum atomic E-state index is -2.41. The molecule has 63 heavy (non-hydrogen) atoms. The summed E-state index contributed by atoms with van der Waals surface area (Å²) in [5.41, 5.74) is 1.40. The average Bonchev–Trinajstić information content (AvgIpc) is 3.25. The van der Waals surface area contributed by atoms with E-state index in [1.807, 2.05) is 65.0 Å². The highest BCUT2D eigenvalue weighted by Gasteiger charge is 2.53. The van der Waals surface area contributed by atoms with Gasteiger partial charge in [0.25, 0.3) is 11.7 Å². The third kappa shape index (κ3) is 13.9. The smallest absolute Gasteiger partial charge is 0.329 e. The van der Waals surface area contributed by atoms with Gasteiger partial charge < -0.3 is 34.4 Å². The number of carbonyl (C=O) groups is 5. The van der Waals surface area contributed by atoms with Gasteiger partial charge in [0.15, 0.2) is 0 Å². The largest absolute Gasteiger partial charge is 0.460 e. The molecule has 3 N–H and O–H groups in total. The second kappa shape index (κ2) is 23.8. The number of ketones is 3. The maximum atomic E-state index is 14.3. The van der Waals surface area contributed by atoms with Crippen molar-refractivity contribution in [1.82, 2.24) is 4.90 Å². The van der Waals surface area contributed by atoms with Crippen LogP contribution in [0.15, 0.2) is 47.6 Å². The fraction of sp³-hybridized carbons (Fsp3) is 0.745. The Balaban J connectivity index is 1.68.